The number of hydrogen-bond acceptors (Lipinski definition) is 7. The lowest BCUT2D eigenvalue weighted by Gasteiger charge is -2.23. The minimum atomic E-state index is -0.118. The lowest BCUT2D eigenvalue weighted by molar-refractivity contribution is -0.123. The van der Waals surface area contributed by atoms with E-state index in [1.807, 2.05) is 0 Å². The van der Waals surface area contributed by atoms with E-state index in [1.54, 1.807) is 23.3 Å². The molecule has 148 valence electrons. The number of fused-ring (bicyclic) bond motifs is 1. The van der Waals surface area contributed by atoms with Gasteiger partial charge in [0, 0.05) is 31.1 Å². The summed E-state index contributed by atoms with van der Waals surface area (Å²) in [6, 6.07) is 0. The summed E-state index contributed by atoms with van der Waals surface area (Å²) in [5.41, 5.74) is 0.617. The molecule has 3 fully saturated rings. The molecule has 2 saturated carbocycles. The molecule has 1 unspecified atom stereocenters. The highest BCUT2D eigenvalue weighted by Crippen LogP contribution is 2.51. The summed E-state index contributed by atoms with van der Waals surface area (Å²) in [6.07, 6.45) is 8.07. The summed E-state index contributed by atoms with van der Waals surface area (Å²) in [6.45, 7) is 2.01. The Morgan fingerprint density at radius 1 is 1.39 bits per heavy atom. The Bertz CT molecular complexity index is 915. The van der Waals surface area contributed by atoms with Gasteiger partial charge in [-0.05, 0) is 19.3 Å². The van der Waals surface area contributed by atoms with Crippen LogP contribution in [0.4, 0.5) is 17.5 Å². The number of carbonyl (C=O) groups excluding carboxylic acids is 1. The van der Waals surface area contributed by atoms with Crippen LogP contribution < -0.4 is 15.5 Å². The molecule has 2 aliphatic carbocycles. The van der Waals surface area contributed by atoms with Crippen molar-refractivity contribution in [2.45, 2.75) is 31.3 Å². The van der Waals surface area contributed by atoms with Gasteiger partial charge < -0.3 is 20.6 Å². The molecule has 1 saturated heterocycles. The van der Waals surface area contributed by atoms with Crippen LogP contribution in [-0.2, 0) is 11.3 Å². The van der Waals surface area contributed by atoms with Crippen molar-refractivity contribution >= 4 is 35.0 Å². The smallest absolute Gasteiger partial charge is 0.229 e. The lowest BCUT2D eigenvalue weighted by Crippen LogP contribution is -2.43. The van der Waals surface area contributed by atoms with Crippen LogP contribution in [0, 0.1) is 11.8 Å². The number of carbonyl (C=O) groups is 1. The summed E-state index contributed by atoms with van der Waals surface area (Å²) < 4.78 is 1.64. The van der Waals surface area contributed by atoms with Gasteiger partial charge in [0.1, 0.15) is 5.02 Å². The highest BCUT2D eigenvalue weighted by molar-refractivity contribution is 6.32. The molecule has 3 heterocycles. The number of halogens is 1. The minimum absolute atomic E-state index is 0.0257. The molecule has 0 radical (unpaired) electrons. The maximum Gasteiger partial charge on any atom is 0.229 e. The van der Waals surface area contributed by atoms with Gasteiger partial charge in [0.15, 0.2) is 5.82 Å². The number of aliphatic hydroxyl groups is 1. The molecule has 2 aromatic heterocycles. The van der Waals surface area contributed by atoms with Gasteiger partial charge in [-0.25, -0.2) is 4.98 Å². The molecular weight excluding hydrogens is 382 g/mol. The number of aromatic nitrogens is 4. The fourth-order valence-corrected chi connectivity index (χ4v) is 4.16. The highest BCUT2D eigenvalue weighted by atomic mass is 35.5. The summed E-state index contributed by atoms with van der Waals surface area (Å²) in [5, 5.41) is 20.0. The number of aliphatic hydroxyl groups excluding tert-OH is 1. The molecular formula is C18H22ClN7O2. The summed E-state index contributed by atoms with van der Waals surface area (Å²) in [5.74, 6) is 1.97. The summed E-state index contributed by atoms with van der Waals surface area (Å²) >= 11 is 6.37. The fraction of sp³-hybridized carbons (Fsp3) is 0.556. The van der Waals surface area contributed by atoms with Crippen molar-refractivity contribution in [1.29, 1.82) is 0 Å². The van der Waals surface area contributed by atoms with Gasteiger partial charge in [0.05, 0.1) is 36.8 Å². The van der Waals surface area contributed by atoms with Crippen molar-refractivity contribution in [3.8, 4) is 0 Å². The third kappa shape index (κ3) is 3.29. The van der Waals surface area contributed by atoms with E-state index in [-0.39, 0.29) is 24.0 Å². The fourth-order valence-electron chi connectivity index (χ4n) is 3.95. The van der Waals surface area contributed by atoms with Gasteiger partial charge in [0.2, 0.25) is 11.9 Å². The maximum absolute atomic E-state index is 12.2. The Balaban J connectivity index is 1.29. The van der Waals surface area contributed by atoms with E-state index < -0.39 is 0 Å². The number of anilines is 3. The zero-order valence-electron chi connectivity index (χ0n) is 15.3. The second kappa shape index (κ2) is 6.59. The number of nitrogens with one attached hydrogen (secondary N) is 2. The van der Waals surface area contributed by atoms with Gasteiger partial charge in [-0.15, -0.1) is 0 Å². The van der Waals surface area contributed by atoms with Crippen LogP contribution in [0.2, 0.25) is 5.02 Å². The van der Waals surface area contributed by atoms with E-state index in [0.717, 1.165) is 38.0 Å². The largest absolute Gasteiger partial charge is 0.394 e. The number of hydrogen-bond donors (Lipinski definition) is 3. The van der Waals surface area contributed by atoms with Gasteiger partial charge in [-0.2, -0.15) is 10.1 Å². The average Bonchev–Trinajstić information content (AvgIpc) is 3.56. The van der Waals surface area contributed by atoms with Crippen LogP contribution >= 0.6 is 11.6 Å². The van der Waals surface area contributed by atoms with Crippen LogP contribution in [-0.4, -0.2) is 56.0 Å². The van der Waals surface area contributed by atoms with Crippen molar-refractivity contribution in [1.82, 2.24) is 25.1 Å². The van der Waals surface area contributed by atoms with Gasteiger partial charge >= 0.3 is 0 Å². The Hall–Kier alpha value is -2.39. The van der Waals surface area contributed by atoms with Crippen molar-refractivity contribution in [3.63, 3.8) is 0 Å². The minimum Gasteiger partial charge on any atom is -0.394 e. The number of rotatable bonds is 7. The highest BCUT2D eigenvalue weighted by Gasteiger charge is 2.62. The van der Waals surface area contributed by atoms with Crippen molar-refractivity contribution in [3.05, 3.63) is 23.6 Å². The maximum atomic E-state index is 12.2. The lowest BCUT2D eigenvalue weighted by atomic mass is 10.2. The van der Waals surface area contributed by atoms with Crippen LogP contribution in [0.5, 0.6) is 0 Å². The Morgan fingerprint density at radius 3 is 3.04 bits per heavy atom. The van der Waals surface area contributed by atoms with E-state index in [2.05, 4.69) is 30.6 Å². The topological polar surface area (TPSA) is 108 Å². The Kier molecular flexibility index (Phi) is 4.17. The van der Waals surface area contributed by atoms with Crippen LogP contribution in [0.1, 0.15) is 19.3 Å². The monoisotopic (exact) mass is 403 g/mol. The normalized spacial score (nSPS) is 25.5. The molecule has 5 rings (SSSR count). The van der Waals surface area contributed by atoms with Gasteiger partial charge in [-0.3, -0.25) is 9.48 Å². The summed E-state index contributed by atoms with van der Waals surface area (Å²) in [7, 11) is 0. The Morgan fingerprint density at radius 2 is 2.25 bits per heavy atom. The molecule has 0 bridgehead atoms. The predicted molar refractivity (Wildman–Crippen MR) is 104 cm³/mol. The first-order valence-corrected chi connectivity index (χ1v) is 9.94. The molecule has 3 aliphatic rings. The van der Waals surface area contributed by atoms with Crippen LogP contribution in [0.3, 0.4) is 0 Å². The molecule has 28 heavy (non-hydrogen) atoms. The first kappa shape index (κ1) is 17.7. The van der Waals surface area contributed by atoms with Gasteiger partial charge in [-0.1, -0.05) is 11.6 Å². The van der Waals surface area contributed by atoms with E-state index in [0.29, 0.717) is 29.3 Å². The molecule has 10 heteroatoms. The second-order valence-corrected chi connectivity index (χ2v) is 8.31. The first-order valence-electron chi connectivity index (χ1n) is 9.56. The third-order valence-electron chi connectivity index (χ3n) is 5.71. The summed E-state index contributed by atoms with van der Waals surface area (Å²) in [4.78, 5) is 23.2. The molecule has 0 aromatic carbocycles. The average molecular weight is 404 g/mol. The van der Waals surface area contributed by atoms with E-state index in [9.17, 15) is 4.79 Å². The van der Waals surface area contributed by atoms with Crippen molar-refractivity contribution < 1.29 is 9.90 Å². The standard InChI is InChI=1S/C18H22ClN7O2/c19-14-7-20-17(22-13-6-21-26(9-13)3-4-27)23-15(14)25-8-12-5-18(12,10-25)24-16(28)11-1-2-11/h6-7,9,11-12,27H,1-5,8,10H2,(H,24,28)(H,20,22,23)/t12?,18-/m0/s1. The molecule has 1 amide bonds. The van der Waals surface area contributed by atoms with Gasteiger partial charge in [0.25, 0.3) is 0 Å². The predicted octanol–water partition coefficient (Wildman–Crippen LogP) is 1.17. The molecule has 0 spiro atoms. The Labute approximate surface area is 167 Å². The zero-order valence-corrected chi connectivity index (χ0v) is 16.1. The van der Waals surface area contributed by atoms with Crippen molar-refractivity contribution in [2.24, 2.45) is 11.8 Å². The molecule has 1 aliphatic heterocycles. The first-order chi connectivity index (χ1) is 13.6. The van der Waals surface area contributed by atoms with E-state index in [4.69, 9.17) is 16.7 Å². The molecule has 2 atom stereocenters. The number of piperidine rings is 1. The zero-order chi connectivity index (χ0) is 19.3. The number of nitrogens with zero attached hydrogens (tertiary/aromatic N) is 5. The SMILES string of the molecule is O=C(N[C@]12CC1CN(c1nc(Nc3cnn(CCO)c3)ncc1Cl)C2)C1CC1. The quantitative estimate of drug-likeness (QED) is 0.636. The molecule has 3 N–H and O–H groups in total. The molecule has 2 aromatic rings. The van der Waals surface area contributed by atoms with E-state index >= 15 is 0 Å². The van der Waals surface area contributed by atoms with Crippen molar-refractivity contribution in [2.75, 3.05) is 29.9 Å². The second-order valence-electron chi connectivity index (χ2n) is 7.91. The van der Waals surface area contributed by atoms with Crippen LogP contribution in [0.25, 0.3) is 0 Å². The third-order valence-corrected chi connectivity index (χ3v) is 5.98. The number of amides is 1. The van der Waals surface area contributed by atoms with Crippen LogP contribution in [0.15, 0.2) is 18.6 Å². The van der Waals surface area contributed by atoms with E-state index in [1.165, 1.54) is 0 Å². The molecule has 9 nitrogen and oxygen atoms in total.